The lowest BCUT2D eigenvalue weighted by Gasteiger charge is -2.09. The Labute approximate surface area is 166 Å². The van der Waals surface area contributed by atoms with Gasteiger partial charge in [-0.15, -0.1) is 0 Å². The van der Waals surface area contributed by atoms with E-state index < -0.39 is 15.9 Å². The van der Waals surface area contributed by atoms with Crippen molar-refractivity contribution < 1.29 is 13.2 Å². The lowest BCUT2D eigenvalue weighted by molar-refractivity contribution is -0.116. The molecule has 1 amide bonds. The second kappa shape index (κ2) is 8.61. The highest BCUT2D eigenvalue weighted by atomic mass is 32.2. The number of aryl methyl sites for hydroxylation is 1. The summed E-state index contributed by atoms with van der Waals surface area (Å²) in [6.45, 7) is 1.67. The molecule has 0 bridgehead atoms. The molecule has 2 heterocycles. The molecule has 2 N–H and O–H groups in total. The van der Waals surface area contributed by atoms with E-state index in [9.17, 15) is 18.0 Å². The van der Waals surface area contributed by atoms with E-state index in [0.717, 1.165) is 0 Å². The molecule has 11 heteroatoms. The Kier molecular flexibility index (Phi) is 5.98. The SMILES string of the molecule is CCc1cc(=O)n(CC(=O)Nc2ccc(S(=O)(=O)Nc3ncccn3)cc2)cn1. The largest absolute Gasteiger partial charge is 0.325 e. The number of aromatic nitrogens is 4. The van der Waals surface area contributed by atoms with Gasteiger partial charge in [-0.1, -0.05) is 6.92 Å². The summed E-state index contributed by atoms with van der Waals surface area (Å²) in [5, 5.41) is 2.61. The Bertz CT molecular complexity index is 1160. The van der Waals surface area contributed by atoms with Crippen molar-refractivity contribution in [3.8, 4) is 0 Å². The van der Waals surface area contributed by atoms with Crippen LogP contribution in [0, 0.1) is 0 Å². The van der Waals surface area contributed by atoms with Gasteiger partial charge in [-0.25, -0.2) is 28.1 Å². The first-order valence-corrected chi connectivity index (χ1v) is 10.1. The molecule has 0 aliphatic heterocycles. The second-order valence-electron chi connectivity index (χ2n) is 5.95. The van der Waals surface area contributed by atoms with Crippen molar-refractivity contribution in [1.82, 2.24) is 19.5 Å². The van der Waals surface area contributed by atoms with E-state index in [2.05, 4.69) is 25.0 Å². The van der Waals surface area contributed by atoms with Crippen molar-refractivity contribution in [3.63, 3.8) is 0 Å². The van der Waals surface area contributed by atoms with E-state index in [4.69, 9.17) is 0 Å². The van der Waals surface area contributed by atoms with Crippen LogP contribution in [0.5, 0.6) is 0 Å². The van der Waals surface area contributed by atoms with Gasteiger partial charge >= 0.3 is 0 Å². The van der Waals surface area contributed by atoms with Gasteiger partial charge in [0.1, 0.15) is 6.54 Å². The van der Waals surface area contributed by atoms with Crippen LogP contribution in [-0.4, -0.2) is 33.8 Å². The van der Waals surface area contributed by atoms with Crippen LogP contribution in [0.1, 0.15) is 12.6 Å². The minimum Gasteiger partial charge on any atom is -0.325 e. The van der Waals surface area contributed by atoms with E-state index >= 15 is 0 Å². The maximum absolute atomic E-state index is 12.3. The number of sulfonamides is 1. The van der Waals surface area contributed by atoms with Gasteiger partial charge in [0.05, 0.1) is 11.2 Å². The normalized spacial score (nSPS) is 11.1. The molecule has 0 atom stereocenters. The van der Waals surface area contributed by atoms with Gasteiger partial charge in [0.15, 0.2) is 0 Å². The number of hydrogen-bond donors (Lipinski definition) is 2. The Morgan fingerprint density at radius 2 is 1.79 bits per heavy atom. The van der Waals surface area contributed by atoms with Crippen LogP contribution in [0.4, 0.5) is 11.6 Å². The van der Waals surface area contributed by atoms with Gasteiger partial charge in [0.2, 0.25) is 11.9 Å². The van der Waals surface area contributed by atoms with E-state index in [0.29, 0.717) is 17.8 Å². The molecule has 0 aliphatic rings. The minimum atomic E-state index is -3.86. The van der Waals surface area contributed by atoms with E-state index in [-0.39, 0.29) is 22.9 Å². The zero-order chi connectivity index (χ0) is 20.9. The Balaban J connectivity index is 1.65. The highest BCUT2D eigenvalue weighted by Gasteiger charge is 2.15. The smallest absolute Gasteiger partial charge is 0.264 e. The quantitative estimate of drug-likeness (QED) is 0.589. The maximum atomic E-state index is 12.3. The highest BCUT2D eigenvalue weighted by molar-refractivity contribution is 7.92. The van der Waals surface area contributed by atoms with Gasteiger partial charge in [0.25, 0.3) is 15.6 Å². The van der Waals surface area contributed by atoms with Crippen LogP contribution in [0.15, 0.2) is 64.8 Å². The van der Waals surface area contributed by atoms with Crippen LogP contribution in [0.25, 0.3) is 0 Å². The molecule has 0 spiro atoms. The average Bonchev–Trinajstić information content (AvgIpc) is 2.70. The first-order chi connectivity index (χ1) is 13.9. The van der Waals surface area contributed by atoms with Crippen molar-refractivity contribution in [3.05, 3.63) is 71.2 Å². The average molecular weight is 414 g/mol. The first-order valence-electron chi connectivity index (χ1n) is 8.62. The van der Waals surface area contributed by atoms with Gasteiger partial charge < -0.3 is 5.32 Å². The number of benzene rings is 1. The van der Waals surface area contributed by atoms with Crippen LogP contribution < -0.4 is 15.6 Å². The van der Waals surface area contributed by atoms with Crippen LogP contribution in [0.2, 0.25) is 0 Å². The number of carbonyl (C=O) groups is 1. The van der Waals surface area contributed by atoms with Crippen molar-refractivity contribution >= 4 is 27.6 Å². The number of anilines is 2. The monoisotopic (exact) mass is 414 g/mol. The van der Waals surface area contributed by atoms with Crippen LogP contribution in [-0.2, 0) is 27.8 Å². The summed E-state index contributed by atoms with van der Waals surface area (Å²) in [5.74, 6) is -0.484. The second-order valence-corrected chi connectivity index (χ2v) is 7.63. The number of rotatable bonds is 7. The third-order valence-electron chi connectivity index (χ3n) is 3.85. The summed E-state index contributed by atoms with van der Waals surface area (Å²) in [4.78, 5) is 35.8. The molecule has 1 aromatic carbocycles. The molecule has 0 aliphatic carbocycles. The Hall–Kier alpha value is -3.60. The molecule has 10 nitrogen and oxygen atoms in total. The molecule has 0 saturated heterocycles. The molecule has 0 radical (unpaired) electrons. The summed E-state index contributed by atoms with van der Waals surface area (Å²) in [5.41, 5.74) is 0.719. The van der Waals surface area contributed by atoms with Crippen LogP contribution in [0.3, 0.4) is 0 Å². The minimum absolute atomic E-state index is 0.0153. The molecular weight excluding hydrogens is 396 g/mol. The first kappa shape index (κ1) is 20.1. The van der Waals surface area contributed by atoms with E-state index in [1.165, 1.54) is 53.6 Å². The molecule has 2 aromatic heterocycles. The number of hydrogen-bond acceptors (Lipinski definition) is 7. The third kappa shape index (κ3) is 5.23. The fourth-order valence-electron chi connectivity index (χ4n) is 2.38. The molecule has 150 valence electrons. The van der Waals surface area contributed by atoms with Crippen LogP contribution >= 0.6 is 0 Å². The van der Waals surface area contributed by atoms with Gasteiger partial charge in [-0.2, -0.15) is 0 Å². The zero-order valence-corrected chi connectivity index (χ0v) is 16.3. The number of nitrogens with one attached hydrogen (secondary N) is 2. The van der Waals surface area contributed by atoms with Gasteiger partial charge in [-0.3, -0.25) is 14.2 Å². The molecule has 3 aromatic rings. The summed E-state index contributed by atoms with van der Waals surface area (Å²) < 4.78 is 28.1. The fraction of sp³-hybridized carbons (Fsp3) is 0.167. The molecule has 0 fully saturated rings. The predicted molar refractivity (Wildman–Crippen MR) is 106 cm³/mol. The maximum Gasteiger partial charge on any atom is 0.264 e. The topological polar surface area (TPSA) is 136 Å². The fourth-order valence-corrected chi connectivity index (χ4v) is 3.34. The van der Waals surface area contributed by atoms with Gasteiger partial charge in [0, 0.05) is 29.8 Å². The third-order valence-corrected chi connectivity index (χ3v) is 5.20. The van der Waals surface area contributed by atoms with E-state index in [1.807, 2.05) is 6.92 Å². The summed E-state index contributed by atoms with van der Waals surface area (Å²) >= 11 is 0. The lowest BCUT2D eigenvalue weighted by Crippen LogP contribution is -2.27. The number of carbonyl (C=O) groups excluding carboxylic acids is 1. The predicted octanol–water partition coefficient (Wildman–Crippen LogP) is 1.04. The number of amides is 1. The summed E-state index contributed by atoms with van der Waals surface area (Å²) in [6, 6.07) is 8.52. The molecular formula is C18H18N6O4S. The van der Waals surface area contributed by atoms with Gasteiger partial charge in [-0.05, 0) is 36.8 Å². The standard InChI is InChI=1S/C18H18N6O4S/c1-2-13-10-17(26)24(12-21-13)11-16(25)22-14-4-6-15(7-5-14)29(27,28)23-18-19-8-3-9-20-18/h3-10,12H,2,11H2,1H3,(H,22,25)(H,19,20,23). The lowest BCUT2D eigenvalue weighted by atomic mass is 10.3. The summed E-state index contributed by atoms with van der Waals surface area (Å²) in [6.07, 6.45) is 4.79. The molecule has 0 unspecified atom stereocenters. The Morgan fingerprint density at radius 1 is 1.10 bits per heavy atom. The van der Waals surface area contributed by atoms with Crippen molar-refractivity contribution in [2.75, 3.05) is 10.0 Å². The zero-order valence-electron chi connectivity index (χ0n) is 15.4. The number of nitrogens with zero attached hydrogens (tertiary/aromatic N) is 4. The van der Waals surface area contributed by atoms with E-state index in [1.54, 1.807) is 6.07 Å². The molecule has 0 saturated carbocycles. The summed E-state index contributed by atoms with van der Waals surface area (Å²) in [7, 11) is -3.86. The van der Waals surface area contributed by atoms with Crippen molar-refractivity contribution in [2.24, 2.45) is 0 Å². The molecule has 3 rings (SSSR count). The molecule has 29 heavy (non-hydrogen) atoms. The highest BCUT2D eigenvalue weighted by Crippen LogP contribution is 2.16. The van der Waals surface area contributed by atoms with Crippen molar-refractivity contribution in [2.45, 2.75) is 24.8 Å². The Morgan fingerprint density at radius 3 is 2.41 bits per heavy atom. The van der Waals surface area contributed by atoms with Crippen molar-refractivity contribution in [1.29, 1.82) is 0 Å².